The number of aromatic amines is 1. The van der Waals surface area contributed by atoms with Gasteiger partial charge in [-0.2, -0.15) is 4.31 Å². The van der Waals surface area contributed by atoms with Gasteiger partial charge < -0.3 is 15.0 Å². The number of hydrogen-bond acceptors (Lipinski definition) is 5. The van der Waals surface area contributed by atoms with Crippen molar-refractivity contribution < 1.29 is 13.2 Å². The summed E-state index contributed by atoms with van der Waals surface area (Å²) in [7, 11) is -1.96. The predicted molar refractivity (Wildman–Crippen MR) is 65.8 cm³/mol. The Morgan fingerprint density at radius 1 is 1.61 bits per heavy atom. The second kappa shape index (κ2) is 5.35. The zero-order chi connectivity index (χ0) is 13.2. The van der Waals surface area contributed by atoms with E-state index in [1.807, 2.05) is 0 Å². The van der Waals surface area contributed by atoms with Crippen LogP contribution in [0.5, 0.6) is 0 Å². The molecular formula is C10H18N4O3S. The molecule has 8 heteroatoms. The number of H-pyrrole nitrogens is 1. The van der Waals surface area contributed by atoms with E-state index < -0.39 is 10.0 Å². The lowest BCUT2D eigenvalue weighted by molar-refractivity contribution is 0.0206. The van der Waals surface area contributed by atoms with Gasteiger partial charge in [0, 0.05) is 26.7 Å². The molecule has 1 fully saturated rings. The summed E-state index contributed by atoms with van der Waals surface area (Å²) < 4.78 is 31.2. The van der Waals surface area contributed by atoms with Crippen LogP contribution in [0.1, 0.15) is 5.82 Å². The van der Waals surface area contributed by atoms with Gasteiger partial charge >= 0.3 is 0 Å². The molecule has 0 saturated carbocycles. The normalized spacial score (nSPS) is 21.4. The van der Waals surface area contributed by atoms with Gasteiger partial charge in [-0.1, -0.05) is 0 Å². The van der Waals surface area contributed by atoms with Crippen molar-refractivity contribution in [1.82, 2.24) is 19.6 Å². The van der Waals surface area contributed by atoms with Crippen molar-refractivity contribution in [2.45, 2.75) is 18.1 Å². The highest BCUT2D eigenvalue weighted by Gasteiger charge is 2.26. The first kappa shape index (κ1) is 13.5. The molecule has 18 heavy (non-hydrogen) atoms. The van der Waals surface area contributed by atoms with Crippen molar-refractivity contribution in [2.75, 3.05) is 33.3 Å². The summed E-state index contributed by atoms with van der Waals surface area (Å²) in [5, 5.41) is 3.29. The average Bonchev–Trinajstić information content (AvgIpc) is 2.78. The van der Waals surface area contributed by atoms with Gasteiger partial charge in [0.25, 0.3) is 10.0 Å². The van der Waals surface area contributed by atoms with Gasteiger partial charge in [0.1, 0.15) is 5.82 Å². The van der Waals surface area contributed by atoms with Crippen molar-refractivity contribution >= 4 is 10.0 Å². The van der Waals surface area contributed by atoms with Crippen molar-refractivity contribution in [3.05, 3.63) is 12.0 Å². The summed E-state index contributed by atoms with van der Waals surface area (Å²) in [6, 6.07) is 0. The number of nitrogens with one attached hydrogen (secondary N) is 2. The standard InChI is InChI=1S/C10H18N4O3S/c1-8-12-6-10(13-8)18(15,16)14(2)7-9-5-11-3-4-17-9/h6,9,11H,3-5,7H2,1-2H3,(H,12,13). The third kappa shape index (κ3) is 2.89. The number of morpholine rings is 1. The predicted octanol–water partition coefficient (Wildman–Crippen LogP) is -0.673. The Morgan fingerprint density at radius 3 is 2.94 bits per heavy atom. The molecule has 102 valence electrons. The van der Waals surface area contributed by atoms with Crippen LogP contribution < -0.4 is 5.32 Å². The minimum absolute atomic E-state index is 0.109. The lowest BCUT2D eigenvalue weighted by Gasteiger charge is -2.27. The molecule has 0 radical (unpaired) electrons. The lowest BCUT2D eigenvalue weighted by atomic mass is 10.3. The number of aromatic nitrogens is 2. The Bertz CT molecular complexity index is 493. The molecule has 0 aromatic carbocycles. The molecule has 0 aliphatic carbocycles. The van der Waals surface area contributed by atoms with Crippen molar-refractivity contribution in [2.24, 2.45) is 0 Å². The van der Waals surface area contributed by atoms with E-state index in [2.05, 4.69) is 15.3 Å². The number of ether oxygens (including phenoxy) is 1. The molecule has 0 bridgehead atoms. The Kier molecular flexibility index (Phi) is 4.00. The fourth-order valence-corrected chi connectivity index (χ4v) is 2.98. The molecule has 1 unspecified atom stereocenters. The summed E-state index contributed by atoms with van der Waals surface area (Å²) in [5.41, 5.74) is 0. The summed E-state index contributed by atoms with van der Waals surface area (Å²) >= 11 is 0. The lowest BCUT2D eigenvalue weighted by Crippen LogP contribution is -2.45. The van der Waals surface area contributed by atoms with Crippen LogP contribution in [0.25, 0.3) is 0 Å². The van der Waals surface area contributed by atoms with Crippen LogP contribution >= 0.6 is 0 Å². The van der Waals surface area contributed by atoms with Crippen LogP contribution in [0.4, 0.5) is 0 Å². The fraction of sp³-hybridized carbons (Fsp3) is 0.700. The van der Waals surface area contributed by atoms with Crippen LogP contribution in [0.2, 0.25) is 0 Å². The molecule has 1 aromatic heterocycles. The smallest absolute Gasteiger partial charge is 0.259 e. The van der Waals surface area contributed by atoms with E-state index in [9.17, 15) is 8.42 Å². The molecule has 1 aliphatic heterocycles. The second-order valence-corrected chi connectivity index (χ2v) is 6.33. The molecule has 0 spiro atoms. The molecule has 2 N–H and O–H groups in total. The first-order valence-electron chi connectivity index (χ1n) is 5.80. The second-order valence-electron chi connectivity index (χ2n) is 4.32. The number of rotatable bonds is 4. The van der Waals surface area contributed by atoms with Gasteiger partial charge in [-0.15, -0.1) is 0 Å². The number of hydrogen-bond donors (Lipinski definition) is 2. The Balaban J connectivity index is 2.05. The van der Waals surface area contributed by atoms with Crippen LogP contribution in [-0.2, 0) is 14.8 Å². The van der Waals surface area contributed by atoms with Crippen LogP contribution in [0.3, 0.4) is 0 Å². The van der Waals surface area contributed by atoms with Crippen LogP contribution in [0, 0.1) is 6.92 Å². The summed E-state index contributed by atoms with van der Waals surface area (Å²) in [4.78, 5) is 6.64. The summed E-state index contributed by atoms with van der Waals surface area (Å²) in [5.74, 6) is 0.581. The third-order valence-electron chi connectivity index (χ3n) is 2.83. The van der Waals surface area contributed by atoms with Crippen molar-refractivity contribution in [3.8, 4) is 0 Å². The highest BCUT2D eigenvalue weighted by molar-refractivity contribution is 7.89. The monoisotopic (exact) mass is 274 g/mol. The summed E-state index contributed by atoms with van der Waals surface area (Å²) in [6.07, 6.45) is 1.23. The largest absolute Gasteiger partial charge is 0.374 e. The fourth-order valence-electron chi connectivity index (χ4n) is 1.82. The molecule has 1 aromatic rings. The van der Waals surface area contributed by atoms with Gasteiger partial charge in [0.15, 0.2) is 5.03 Å². The zero-order valence-corrected chi connectivity index (χ0v) is 11.3. The van der Waals surface area contributed by atoms with Gasteiger partial charge in [-0.05, 0) is 6.92 Å². The van der Waals surface area contributed by atoms with Gasteiger partial charge in [-0.3, -0.25) is 0 Å². The Hall–Kier alpha value is -0.960. The number of likely N-dealkylation sites (N-methyl/N-ethyl adjacent to an activating group) is 1. The average molecular weight is 274 g/mol. The van der Waals surface area contributed by atoms with E-state index >= 15 is 0 Å². The van der Waals surface area contributed by atoms with Crippen molar-refractivity contribution in [3.63, 3.8) is 0 Å². The maximum absolute atomic E-state index is 12.2. The molecule has 1 aliphatic rings. The van der Waals surface area contributed by atoms with Crippen molar-refractivity contribution in [1.29, 1.82) is 0 Å². The highest BCUT2D eigenvalue weighted by atomic mass is 32.2. The van der Waals surface area contributed by atoms with Gasteiger partial charge in [0.05, 0.1) is 18.9 Å². The van der Waals surface area contributed by atoms with E-state index in [-0.39, 0.29) is 11.1 Å². The first-order valence-corrected chi connectivity index (χ1v) is 7.24. The van der Waals surface area contributed by atoms with E-state index in [1.165, 1.54) is 10.5 Å². The van der Waals surface area contributed by atoms with Gasteiger partial charge in [0.2, 0.25) is 0 Å². The zero-order valence-electron chi connectivity index (χ0n) is 10.5. The Morgan fingerprint density at radius 2 is 2.39 bits per heavy atom. The number of sulfonamides is 1. The third-order valence-corrected chi connectivity index (χ3v) is 4.57. The highest BCUT2D eigenvalue weighted by Crippen LogP contribution is 2.12. The van der Waals surface area contributed by atoms with E-state index in [1.54, 1.807) is 14.0 Å². The molecule has 1 atom stereocenters. The molecule has 2 rings (SSSR count). The minimum atomic E-state index is -3.51. The molecule has 0 amide bonds. The number of imidazole rings is 1. The maximum atomic E-state index is 12.2. The molecule has 7 nitrogen and oxygen atoms in total. The summed E-state index contributed by atoms with van der Waals surface area (Å²) in [6.45, 7) is 4.14. The van der Waals surface area contributed by atoms with E-state index in [4.69, 9.17) is 4.74 Å². The number of aryl methyl sites for hydroxylation is 1. The van der Waals surface area contributed by atoms with Crippen LogP contribution in [0.15, 0.2) is 11.2 Å². The van der Waals surface area contributed by atoms with Crippen LogP contribution in [-0.4, -0.2) is 62.1 Å². The molecular weight excluding hydrogens is 256 g/mol. The van der Waals surface area contributed by atoms with E-state index in [0.29, 0.717) is 25.5 Å². The first-order chi connectivity index (χ1) is 8.50. The SMILES string of the molecule is Cc1ncc(S(=O)(=O)N(C)CC2CNCCO2)[nH]1. The quantitative estimate of drug-likeness (QED) is 0.760. The Labute approximate surface area is 107 Å². The minimum Gasteiger partial charge on any atom is -0.374 e. The van der Waals surface area contributed by atoms with Gasteiger partial charge in [-0.25, -0.2) is 13.4 Å². The van der Waals surface area contributed by atoms with E-state index in [0.717, 1.165) is 6.54 Å². The molecule has 2 heterocycles. The maximum Gasteiger partial charge on any atom is 0.259 e. The topological polar surface area (TPSA) is 87.3 Å². The number of nitrogens with zero attached hydrogens (tertiary/aromatic N) is 2. The molecule has 1 saturated heterocycles.